The molecule has 1 N–H and O–H groups in total. The van der Waals surface area contributed by atoms with E-state index in [-0.39, 0.29) is 18.3 Å². The second kappa shape index (κ2) is 15.4. The minimum Gasteiger partial charge on any atom is -0.494 e. The molecule has 3 aromatic rings. The number of anilines is 1. The van der Waals surface area contributed by atoms with E-state index in [2.05, 4.69) is 5.32 Å². The molecule has 0 fully saturated rings. The number of hydrogen-bond donors (Lipinski definition) is 1. The summed E-state index contributed by atoms with van der Waals surface area (Å²) in [5.74, 6) is 0.898. The summed E-state index contributed by atoms with van der Waals surface area (Å²) >= 11 is 0. The van der Waals surface area contributed by atoms with Crippen LogP contribution < -0.4 is 19.1 Å². The van der Waals surface area contributed by atoms with E-state index in [1.165, 1.54) is 24.8 Å². The Morgan fingerprint density at radius 2 is 1.49 bits per heavy atom. The Balaban J connectivity index is 1.36. The van der Waals surface area contributed by atoms with E-state index in [9.17, 15) is 18.0 Å². The highest BCUT2D eigenvalue weighted by Crippen LogP contribution is 2.24. The second-order valence-corrected chi connectivity index (χ2v) is 12.6. The summed E-state index contributed by atoms with van der Waals surface area (Å²) in [6, 6.07) is 21.3. The van der Waals surface area contributed by atoms with Gasteiger partial charge in [0.2, 0.25) is 10.0 Å². The van der Waals surface area contributed by atoms with Crippen molar-refractivity contribution in [3.63, 3.8) is 0 Å². The van der Waals surface area contributed by atoms with Crippen LogP contribution in [0.5, 0.6) is 11.5 Å². The Hall–Kier alpha value is -4.09. The minimum atomic E-state index is -3.88. The molecule has 0 aromatic heterocycles. The van der Waals surface area contributed by atoms with Gasteiger partial charge in [-0.25, -0.2) is 18.0 Å². The standard InChI is InChI=1S/C32H40N2O8S/c1-32(2,3)42-31(36)34(43(5,37)38)26-13-17-27(18-14-26)40-22-8-20-33-21-19-24-11-15-28(16-12-24)41-23-25-9-6-7-10-29(25)30(35)39-4/h6-7,9-18,33H,8,19-23H2,1-5H3. The lowest BCUT2D eigenvalue weighted by Crippen LogP contribution is -2.40. The molecule has 3 rings (SSSR count). The highest BCUT2D eigenvalue weighted by molar-refractivity contribution is 7.92. The lowest BCUT2D eigenvalue weighted by atomic mass is 10.1. The van der Waals surface area contributed by atoms with E-state index in [0.717, 1.165) is 43.5 Å². The molecule has 10 nitrogen and oxygen atoms in total. The molecular weight excluding hydrogens is 572 g/mol. The summed E-state index contributed by atoms with van der Waals surface area (Å²) in [6.07, 6.45) is 1.62. The number of nitrogens with zero attached hydrogens (tertiary/aromatic N) is 1. The maximum absolute atomic E-state index is 12.5. The zero-order chi connectivity index (χ0) is 31.5. The predicted molar refractivity (Wildman–Crippen MR) is 165 cm³/mol. The lowest BCUT2D eigenvalue weighted by Gasteiger charge is -2.26. The van der Waals surface area contributed by atoms with Gasteiger partial charge in [-0.2, -0.15) is 4.31 Å². The number of ether oxygens (including phenoxy) is 4. The van der Waals surface area contributed by atoms with Crippen LogP contribution in [0.1, 0.15) is 48.7 Å². The van der Waals surface area contributed by atoms with Gasteiger partial charge in [0.05, 0.1) is 31.2 Å². The van der Waals surface area contributed by atoms with Gasteiger partial charge < -0.3 is 24.3 Å². The fraction of sp³-hybridized carbons (Fsp3) is 0.375. The smallest absolute Gasteiger partial charge is 0.428 e. The van der Waals surface area contributed by atoms with Crippen molar-refractivity contribution in [3.05, 3.63) is 89.5 Å². The Bertz CT molecular complexity index is 1450. The van der Waals surface area contributed by atoms with E-state index in [1.807, 2.05) is 36.4 Å². The van der Waals surface area contributed by atoms with Crippen molar-refractivity contribution in [1.82, 2.24) is 5.32 Å². The first kappa shape index (κ1) is 33.4. The van der Waals surface area contributed by atoms with Crippen molar-refractivity contribution in [2.45, 2.75) is 45.8 Å². The fourth-order valence-corrected chi connectivity index (χ4v) is 4.84. The van der Waals surface area contributed by atoms with Crippen LogP contribution in [0.2, 0.25) is 0 Å². The number of methoxy groups -OCH3 is 1. The number of rotatable bonds is 14. The third kappa shape index (κ3) is 10.9. The van der Waals surface area contributed by atoms with Crippen LogP contribution in [-0.2, 0) is 32.5 Å². The molecule has 43 heavy (non-hydrogen) atoms. The third-order valence-corrected chi connectivity index (χ3v) is 7.08. The monoisotopic (exact) mass is 612 g/mol. The maximum Gasteiger partial charge on any atom is 0.428 e. The summed E-state index contributed by atoms with van der Waals surface area (Å²) in [4.78, 5) is 24.4. The van der Waals surface area contributed by atoms with Crippen LogP contribution in [-0.4, -0.2) is 59.1 Å². The average Bonchev–Trinajstić information content (AvgIpc) is 2.95. The molecule has 0 heterocycles. The molecule has 0 saturated heterocycles. The molecule has 0 radical (unpaired) electrons. The van der Waals surface area contributed by atoms with Gasteiger partial charge in [-0.15, -0.1) is 0 Å². The van der Waals surface area contributed by atoms with Crippen molar-refractivity contribution >= 4 is 27.8 Å². The van der Waals surface area contributed by atoms with Crippen LogP contribution >= 0.6 is 0 Å². The highest BCUT2D eigenvalue weighted by atomic mass is 32.2. The fourth-order valence-electron chi connectivity index (χ4n) is 4.03. The van der Waals surface area contributed by atoms with Gasteiger partial charge in [0, 0.05) is 5.56 Å². The van der Waals surface area contributed by atoms with Crippen molar-refractivity contribution < 1.29 is 37.0 Å². The van der Waals surface area contributed by atoms with Crippen LogP contribution in [0, 0.1) is 0 Å². The molecule has 0 aliphatic heterocycles. The lowest BCUT2D eigenvalue weighted by molar-refractivity contribution is 0.0591. The van der Waals surface area contributed by atoms with Crippen molar-refractivity contribution in [2.24, 2.45) is 0 Å². The molecule has 0 saturated carbocycles. The van der Waals surface area contributed by atoms with Crippen LogP contribution in [0.3, 0.4) is 0 Å². The minimum absolute atomic E-state index is 0.175. The maximum atomic E-state index is 12.5. The first-order valence-corrected chi connectivity index (χ1v) is 15.8. The molecule has 0 spiro atoms. The van der Waals surface area contributed by atoms with Gasteiger partial charge in [0.1, 0.15) is 23.7 Å². The molecule has 0 aliphatic rings. The SMILES string of the molecule is COC(=O)c1ccccc1COc1ccc(CCNCCCOc2ccc(N(C(=O)OC(C)(C)C)S(C)(=O)=O)cc2)cc1. The molecule has 232 valence electrons. The highest BCUT2D eigenvalue weighted by Gasteiger charge is 2.30. The third-order valence-electron chi connectivity index (χ3n) is 6.06. The van der Waals surface area contributed by atoms with Gasteiger partial charge in [-0.1, -0.05) is 30.3 Å². The Kier molecular flexibility index (Phi) is 12.0. The Labute approximate surface area is 254 Å². The number of esters is 1. The number of carbonyl (C=O) groups excluding carboxylic acids is 2. The number of hydrogen-bond acceptors (Lipinski definition) is 9. The zero-order valence-corrected chi connectivity index (χ0v) is 26.1. The largest absolute Gasteiger partial charge is 0.494 e. The summed E-state index contributed by atoms with van der Waals surface area (Å²) in [5.41, 5.74) is 1.77. The van der Waals surface area contributed by atoms with E-state index < -0.39 is 21.7 Å². The Morgan fingerprint density at radius 3 is 2.12 bits per heavy atom. The molecule has 3 aromatic carbocycles. The molecule has 0 aliphatic carbocycles. The average molecular weight is 613 g/mol. The van der Waals surface area contributed by atoms with Gasteiger partial charge in [-0.3, -0.25) is 0 Å². The molecule has 11 heteroatoms. The molecule has 0 atom stereocenters. The summed E-state index contributed by atoms with van der Waals surface area (Å²) in [7, 11) is -2.52. The van der Waals surface area contributed by atoms with E-state index >= 15 is 0 Å². The van der Waals surface area contributed by atoms with Gasteiger partial charge in [0.15, 0.2) is 0 Å². The molecule has 0 bridgehead atoms. The number of sulfonamides is 1. The number of nitrogens with one attached hydrogen (secondary N) is 1. The van der Waals surface area contributed by atoms with Crippen LogP contribution in [0.15, 0.2) is 72.8 Å². The first-order valence-electron chi connectivity index (χ1n) is 13.9. The second-order valence-electron chi connectivity index (χ2n) is 10.8. The predicted octanol–water partition coefficient (Wildman–Crippen LogP) is 5.35. The topological polar surface area (TPSA) is 120 Å². The Morgan fingerprint density at radius 1 is 0.860 bits per heavy atom. The zero-order valence-electron chi connectivity index (χ0n) is 25.3. The van der Waals surface area contributed by atoms with Gasteiger partial charge in [0.25, 0.3) is 0 Å². The van der Waals surface area contributed by atoms with Gasteiger partial charge >= 0.3 is 12.1 Å². The molecule has 0 unspecified atom stereocenters. The number of carbonyl (C=O) groups is 2. The van der Waals surface area contributed by atoms with E-state index in [0.29, 0.717) is 22.2 Å². The summed E-state index contributed by atoms with van der Waals surface area (Å²) < 4.78 is 46.8. The normalized spacial score (nSPS) is 11.5. The van der Waals surface area contributed by atoms with Crippen LogP contribution in [0.4, 0.5) is 10.5 Å². The van der Waals surface area contributed by atoms with Gasteiger partial charge in [-0.05, 0) is 94.7 Å². The number of amides is 1. The van der Waals surface area contributed by atoms with E-state index in [1.54, 1.807) is 45.0 Å². The van der Waals surface area contributed by atoms with Crippen molar-refractivity contribution in [3.8, 4) is 11.5 Å². The van der Waals surface area contributed by atoms with Crippen molar-refractivity contribution in [2.75, 3.05) is 37.4 Å². The summed E-state index contributed by atoms with van der Waals surface area (Å²) in [6.45, 7) is 7.31. The first-order chi connectivity index (χ1) is 20.4. The quantitative estimate of drug-likeness (QED) is 0.190. The summed E-state index contributed by atoms with van der Waals surface area (Å²) in [5, 5.41) is 3.40. The molecular formula is C32H40N2O8S. The molecule has 1 amide bonds. The van der Waals surface area contributed by atoms with Crippen molar-refractivity contribution in [1.29, 1.82) is 0 Å². The number of benzene rings is 3. The van der Waals surface area contributed by atoms with E-state index in [4.69, 9.17) is 18.9 Å². The van der Waals surface area contributed by atoms with Crippen LogP contribution in [0.25, 0.3) is 0 Å².